The second-order valence-electron chi connectivity index (χ2n) is 3.22. The smallest absolute Gasteiger partial charge is 0.0406 e. The molecule has 0 unspecified atom stereocenters. The number of hydrogen-bond donors (Lipinski definition) is 1. The van der Waals surface area contributed by atoms with E-state index in [9.17, 15) is 0 Å². The summed E-state index contributed by atoms with van der Waals surface area (Å²) in [6.07, 6.45) is 8.01. The van der Waals surface area contributed by atoms with Crippen LogP contribution in [0.3, 0.4) is 0 Å². The highest BCUT2D eigenvalue weighted by Crippen LogP contribution is 2.32. The SMILES string of the molecule is C/C=C/CNC1(CCl)CCC1. The monoisotopic (exact) mass is 173 g/mol. The highest BCUT2D eigenvalue weighted by Gasteiger charge is 2.34. The minimum atomic E-state index is 0.279. The van der Waals surface area contributed by atoms with Gasteiger partial charge in [-0.2, -0.15) is 0 Å². The van der Waals surface area contributed by atoms with Crippen LogP contribution in [0.25, 0.3) is 0 Å². The predicted octanol–water partition coefficient (Wildman–Crippen LogP) is 2.31. The number of hydrogen-bond acceptors (Lipinski definition) is 1. The Labute approximate surface area is 73.8 Å². The van der Waals surface area contributed by atoms with Gasteiger partial charge in [-0.25, -0.2) is 0 Å². The molecule has 1 fully saturated rings. The molecule has 1 aliphatic carbocycles. The van der Waals surface area contributed by atoms with Crippen LogP contribution in [0.4, 0.5) is 0 Å². The average molecular weight is 174 g/mol. The van der Waals surface area contributed by atoms with E-state index in [4.69, 9.17) is 11.6 Å². The maximum atomic E-state index is 5.85. The molecule has 0 atom stereocenters. The van der Waals surface area contributed by atoms with Crippen LogP contribution in [-0.4, -0.2) is 18.0 Å². The maximum absolute atomic E-state index is 5.85. The lowest BCUT2D eigenvalue weighted by Gasteiger charge is -2.41. The van der Waals surface area contributed by atoms with Crippen molar-refractivity contribution >= 4 is 11.6 Å². The van der Waals surface area contributed by atoms with Crippen molar-refractivity contribution in [3.63, 3.8) is 0 Å². The molecule has 0 saturated heterocycles. The summed E-state index contributed by atoms with van der Waals surface area (Å²) in [6, 6.07) is 0. The van der Waals surface area contributed by atoms with Gasteiger partial charge in [-0.15, -0.1) is 11.6 Å². The molecule has 1 nitrogen and oxygen atoms in total. The van der Waals surface area contributed by atoms with E-state index in [1.807, 2.05) is 6.92 Å². The fourth-order valence-electron chi connectivity index (χ4n) is 1.35. The largest absolute Gasteiger partial charge is 0.307 e. The third kappa shape index (κ3) is 2.21. The van der Waals surface area contributed by atoms with E-state index in [0.29, 0.717) is 0 Å². The first-order valence-corrected chi connectivity index (χ1v) is 4.78. The number of rotatable bonds is 4. The van der Waals surface area contributed by atoms with Crippen molar-refractivity contribution in [1.29, 1.82) is 0 Å². The van der Waals surface area contributed by atoms with Gasteiger partial charge in [-0.3, -0.25) is 0 Å². The van der Waals surface area contributed by atoms with Crippen LogP contribution in [0.1, 0.15) is 26.2 Å². The molecule has 1 aliphatic rings. The Morgan fingerprint density at radius 3 is 2.64 bits per heavy atom. The topological polar surface area (TPSA) is 12.0 Å². The van der Waals surface area contributed by atoms with Crippen LogP contribution in [0.2, 0.25) is 0 Å². The Morgan fingerprint density at radius 2 is 2.27 bits per heavy atom. The molecular weight excluding hydrogens is 158 g/mol. The lowest BCUT2D eigenvalue weighted by atomic mass is 9.78. The van der Waals surface area contributed by atoms with Crippen LogP contribution in [0.5, 0.6) is 0 Å². The van der Waals surface area contributed by atoms with Gasteiger partial charge in [0.2, 0.25) is 0 Å². The Morgan fingerprint density at radius 1 is 1.55 bits per heavy atom. The summed E-state index contributed by atoms with van der Waals surface area (Å²) >= 11 is 5.85. The van der Waals surface area contributed by atoms with Crippen LogP contribution in [-0.2, 0) is 0 Å². The summed E-state index contributed by atoms with van der Waals surface area (Å²) in [7, 11) is 0. The quantitative estimate of drug-likeness (QED) is 0.508. The van der Waals surface area contributed by atoms with Crippen molar-refractivity contribution in [2.75, 3.05) is 12.4 Å². The molecule has 64 valence electrons. The molecule has 11 heavy (non-hydrogen) atoms. The van der Waals surface area contributed by atoms with Gasteiger partial charge in [0, 0.05) is 18.0 Å². The number of halogens is 1. The Hall–Kier alpha value is -0.0100. The summed E-state index contributed by atoms with van der Waals surface area (Å²) in [5.41, 5.74) is 0.279. The minimum Gasteiger partial charge on any atom is -0.307 e. The van der Waals surface area contributed by atoms with Gasteiger partial charge in [-0.1, -0.05) is 12.2 Å². The van der Waals surface area contributed by atoms with Gasteiger partial charge in [0.05, 0.1) is 0 Å². The second-order valence-corrected chi connectivity index (χ2v) is 3.48. The lowest BCUT2D eigenvalue weighted by molar-refractivity contribution is 0.221. The van der Waals surface area contributed by atoms with Crippen LogP contribution >= 0.6 is 11.6 Å². The molecule has 0 aromatic rings. The van der Waals surface area contributed by atoms with Crippen LogP contribution < -0.4 is 5.32 Å². The Bertz CT molecular complexity index is 133. The number of nitrogens with one attached hydrogen (secondary N) is 1. The zero-order valence-corrected chi connectivity index (χ0v) is 7.82. The number of alkyl halides is 1. The molecule has 0 amide bonds. The Kier molecular flexibility index (Phi) is 3.41. The first kappa shape index (κ1) is 9.08. The molecule has 0 aliphatic heterocycles. The zero-order valence-electron chi connectivity index (χ0n) is 7.07. The van der Waals surface area contributed by atoms with Crippen LogP contribution in [0, 0.1) is 0 Å². The van der Waals surface area contributed by atoms with Gasteiger partial charge in [-0.05, 0) is 26.2 Å². The fraction of sp³-hybridized carbons (Fsp3) is 0.778. The molecule has 0 heterocycles. The summed E-state index contributed by atoms with van der Waals surface area (Å²) < 4.78 is 0. The average Bonchev–Trinajstić information content (AvgIpc) is 1.95. The lowest BCUT2D eigenvalue weighted by Crippen LogP contribution is -2.52. The van der Waals surface area contributed by atoms with E-state index in [1.54, 1.807) is 0 Å². The summed E-state index contributed by atoms with van der Waals surface area (Å²) in [5.74, 6) is 0.755. The molecular formula is C9H16ClN. The van der Waals surface area contributed by atoms with E-state index < -0.39 is 0 Å². The molecule has 0 bridgehead atoms. The van der Waals surface area contributed by atoms with Crippen molar-refractivity contribution in [3.8, 4) is 0 Å². The molecule has 0 radical (unpaired) electrons. The van der Waals surface area contributed by atoms with E-state index in [2.05, 4.69) is 17.5 Å². The van der Waals surface area contributed by atoms with Crippen molar-refractivity contribution < 1.29 is 0 Å². The van der Waals surface area contributed by atoms with Crippen molar-refractivity contribution in [1.82, 2.24) is 5.32 Å². The maximum Gasteiger partial charge on any atom is 0.0406 e. The van der Waals surface area contributed by atoms with Crippen LogP contribution in [0.15, 0.2) is 12.2 Å². The highest BCUT2D eigenvalue weighted by molar-refractivity contribution is 6.18. The van der Waals surface area contributed by atoms with Gasteiger partial charge in [0.25, 0.3) is 0 Å². The number of allylic oxidation sites excluding steroid dienone is 1. The fourth-order valence-corrected chi connectivity index (χ4v) is 1.72. The van der Waals surface area contributed by atoms with Gasteiger partial charge in [0.15, 0.2) is 0 Å². The minimum absolute atomic E-state index is 0.279. The molecule has 0 aromatic heterocycles. The molecule has 1 saturated carbocycles. The molecule has 0 spiro atoms. The zero-order chi connectivity index (χ0) is 8.16. The van der Waals surface area contributed by atoms with E-state index >= 15 is 0 Å². The summed E-state index contributed by atoms with van der Waals surface area (Å²) in [5, 5.41) is 3.46. The predicted molar refractivity (Wildman–Crippen MR) is 50.1 cm³/mol. The van der Waals surface area contributed by atoms with Gasteiger partial charge >= 0.3 is 0 Å². The van der Waals surface area contributed by atoms with Gasteiger partial charge in [0.1, 0.15) is 0 Å². The molecule has 1 N–H and O–H groups in total. The third-order valence-electron chi connectivity index (χ3n) is 2.40. The second kappa shape index (κ2) is 4.13. The normalized spacial score (nSPS) is 22.0. The van der Waals surface area contributed by atoms with Crippen molar-refractivity contribution in [2.24, 2.45) is 0 Å². The molecule has 1 rings (SSSR count). The molecule has 2 heteroatoms. The molecule has 0 aromatic carbocycles. The van der Waals surface area contributed by atoms with Crippen molar-refractivity contribution in [3.05, 3.63) is 12.2 Å². The Balaban J connectivity index is 2.21. The summed E-state index contributed by atoms with van der Waals surface area (Å²) in [6.45, 7) is 3.00. The standard InChI is InChI=1S/C9H16ClN/c1-2-3-7-11-9(8-10)5-4-6-9/h2-3,11H,4-8H2,1H3/b3-2+. The van der Waals surface area contributed by atoms with Gasteiger partial charge < -0.3 is 5.32 Å². The summed E-state index contributed by atoms with van der Waals surface area (Å²) in [4.78, 5) is 0. The third-order valence-corrected chi connectivity index (χ3v) is 2.91. The van der Waals surface area contributed by atoms with E-state index in [1.165, 1.54) is 19.3 Å². The van der Waals surface area contributed by atoms with E-state index in [-0.39, 0.29) is 5.54 Å². The highest BCUT2D eigenvalue weighted by atomic mass is 35.5. The first-order valence-electron chi connectivity index (χ1n) is 4.25. The first-order chi connectivity index (χ1) is 5.33. The van der Waals surface area contributed by atoms with Crippen molar-refractivity contribution in [2.45, 2.75) is 31.7 Å². The van der Waals surface area contributed by atoms with E-state index in [0.717, 1.165) is 12.4 Å².